The smallest absolute Gasteiger partial charge is 0.349 e. The van der Waals surface area contributed by atoms with Gasteiger partial charge in [0.1, 0.15) is 11.6 Å². The van der Waals surface area contributed by atoms with Gasteiger partial charge in [-0.05, 0) is 47.0 Å². The minimum absolute atomic E-state index is 0.178. The number of ether oxygens (including phenoxy) is 1. The largest absolute Gasteiger partial charge is 0.451 e. The molecule has 3 aromatic rings. The summed E-state index contributed by atoms with van der Waals surface area (Å²) < 4.78 is 5.01. The first-order chi connectivity index (χ1) is 15.5. The van der Waals surface area contributed by atoms with E-state index in [1.54, 1.807) is 24.3 Å². The van der Waals surface area contributed by atoms with Crippen LogP contribution in [0.3, 0.4) is 0 Å². The molecule has 3 aromatic carbocycles. The van der Waals surface area contributed by atoms with Gasteiger partial charge >= 0.3 is 5.97 Å². The molecular formula is C26H23N3O3. The van der Waals surface area contributed by atoms with Gasteiger partial charge in [-0.25, -0.2) is 4.79 Å². The summed E-state index contributed by atoms with van der Waals surface area (Å²) in [6, 6.07) is 26.4. The summed E-state index contributed by atoms with van der Waals surface area (Å²) in [6.45, 7) is -0.488. The summed E-state index contributed by atoms with van der Waals surface area (Å²) in [5.74, 6) is -1.34. The van der Waals surface area contributed by atoms with E-state index in [9.17, 15) is 14.9 Å². The van der Waals surface area contributed by atoms with Gasteiger partial charge in [-0.2, -0.15) is 5.26 Å². The van der Waals surface area contributed by atoms with Crippen molar-refractivity contribution in [2.45, 2.75) is 0 Å². The maximum Gasteiger partial charge on any atom is 0.349 e. The molecule has 0 saturated heterocycles. The van der Waals surface area contributed by atoms with Gasteiger partial charge in [-0.15, -0.1) is 0 Å². The molecule has 6 heteroatoms. The number of nitrogens with zero attached hydrogens (tertiary/aromatic N) is 2. The quantitative estimate of drug-likeness (QED) is 0.342. The fourth-order valence-electron chi connectivity index (χ4n) is 2.95. The second kappa shape index (κ2) is 10.6. The second-order valence-electron chi connectivity index (χ2n) is 7.22. The van der Waals surface area contributed by atoms with Crippen LogP contribution in [-0.2, 0) is 14.3 Å². The first-order valence-electron chi connectivity index (χ1n) is 9.98. The van der Waals surface area contributed by atoms with Crippen molar-refractivity contribution in [1.29, 1.82) is 5.26 Å². The Balaban J connectivity index is 1.55. The predicted molar refractivity (Wildman–Crippen MR) is 126 cm³/mol. The SMILES string of the molecule is CN(C)c1ccc(/C=C(\C#N)C(=O)OCC(=O)Nc2ccc(-c3ccccc3)cc2)cc1. The molecular weight excluding hydrogens is 402 g/mol. The molecule has 0 fully saturated rings. The molecule has 160 valence electrons. The van der Waals surface area contributed by atoms with Crippen LogP contribution in [0.4, 0.5) is 11.4 Å². The van der Waals surface area contributed by atoms with E-state index in [-0.39, 0.29) is 5.57 Å². The zero-order valence-corrected chi connectivity index (χ0v) is 17.9. The van der Waals surface area contributed by atoms with E-state index in [0.29, 0.717) is 11.3 Å². The van der Waals surface area contributed by atoms with Crippen LogP contribution < -0.4 is 10.2 Å². The first-order valence-corrected chi connectivity index (χ1v) is 9.98. The van der Waals surface area contributed by atoms with Crippen molar-refractivity contribution < 1.29 is 14.3 Å². The van der Waals surface area contributed by atoms with Crippen LogP contribution in [0.1, 0.15) is 5.56 Å². The number of carbonyl (C=O) groups excluding carboxylic acids is 2. The van der Waals surface area contributed by atoms with Crippen molar-refractivity contribution in [3.63, 3.8) is 0 Å². The Bertz CT molecular complexity index is 1140. The van der Waals surface area contributed by atoms with Crippen molar-refractivity contribution in [1.82, 2.24) is 0 Å². The fraction of sp³-hybridized carbons (Fsp3) is 0.115. The van der Waals surface area contributed by atoms with Gasteiger partial charge in [-0.1, -0.05) is 54.6 Å². The number of nitriles is 1. The molecule has 0 spiro atoms. The summed E-state index contributed by atoms with van der Waals surface area (Å²) in [5, 5.41) is 12.0. The van der Waals surface area contributed by atoms with E-state index in [2.05, 4.69) is 5.32 Å². The molecule has 0 aromatic heterocycles. The van der Waals surface area contributed by atoms with Crippen molar-refractivity contribution >= 4 is 29.3 Å². The minimum Gasteiger partial charge on any atom is -0.451 e. The third-order valence-electron chi connectivity index (χ3n) is 4.67. The van der Waals surface area contributed by atoms with E-state index in [1.807, 2.05) is 79.7 Å². The number of hydrogen-bond donors (Lipinski definition) is 1. The van der Waals surface area contributed by atoms with Gasteiger partial charge in [0.2, 0.25) is 0 Å². The zero-order chi connectivity index (χ0) is 22.9. The molecule has 6 nitrogen and oxygen atoms in total. The number of anilines is 2. The molecule has 0 atom stereocenters. The lowest BCUT2D eigenvalue weighted by atomic mass is 10.1. The topological polar surface area (TPSA) is 82.4 Å². The van der Waals surface area contributed by atoms with Crippen LogP contribution in [0.5, 0.6) is 0 Å². The molecule has 0 bridgehead atoms. The highest BCUT2D eigenvalue weighted by Gasteiger charge is 2.13. The number of hydrogen-bond acceptors (Lipinski definition) is 5. The fourth-order valence-corrected chi connectivity index (χ4v) is 2.95. The minimum atomic E-state index is -0.848. The Labute approximate surface area is 187 Å². The molecule has 0 aliphatic carbocycles. The zero-order valence-electron chi connectivity index (χ0n) is 17.9. The lowest BCUT2D eigenvalue weighted by Gasteiger charge is -2.11. The van der Waals surface area contributed by atoms with Gasteiger partial charge < -0.3 is 15.0 Å². The lowest BCUT2D eigenvalue weighted by Crippen LogP contribution is -2.21. The highest BCUT2D eigenvalue weighted by molar-refractivity contribution is 6.00. The Morgan fingerprint density at radius 2 is 1.56 bits per heavy atom. The number of nitrogens with one attached hydrogen (secondary N) is 1. The Morgan fingerprint density at radius 1 is 0.938 bits per heavy atom. The maximum absolute atomic E-state index is 12.2. The Hall–Kier alpha value is -4.37. The average molecular weight is 425 g/mol. The maximum atomic E-state index is 12.2. The molecule has 0 aliphatic heterocycles. The second-order valence-corrected chi connectivity index (χ2v) is 7.22. The molecule has 0 unspecified atom stereocenters. The first kappa shape index (κ1) is 22.3. The van der Waals surface area contributed by atoms with Gasteiger partial charge in [-0.3, -0.25) is 4.79 Å². The van der Waals surface area contributed by atoms with Crippen molar-refractivity contribution in [2.75, 3.05) is 30.9 Å². The van der Waals surface area contributed by atoms with E-state index >= 15 is 0 Å². The van der Waals surface area contributed by atoms with Crippen molar-refractivity contribution in [3.8, 4) is 17.2 Å². The predicted octanol–water partition coefficient (Wildman–Crippen LogP) is 4.51. The molecule has 32 heavy (non-hydrogen) atoms. The number of benzene rings is 3. The Morgan fingerprint density at radius 3 is 2.16 bits per heavy atom. The molecule has 1 N–H and O–H groups in total. The highest BCUT2D eigenvalue weighted by Crippen LogP contribution is 2.21. The van der Waals surface area contributed by atoms with Crippen molar-refractivity contribution in [3.05, 3.63) is 90.0 Å². The number of esters is 1. The van der Waals surface area contributed by atoms with Crippen LogP contribution in [0.15, 0.2) is 84.4 Å². The third-order valence-corrected chi connectivity index (χ3v) is 4.67. The number of amides is 1. The molecule has 0 saturated carbocycles. The molecule has 0 radical (unpaired) electrons. The summed E-state index contributed by atoms with van der Waals surface area (Å²) in [6.07, 6.45) is 1.43. The van der Waals surface area contributed by atoms with Crippen LogP contribution in [0, 0.1) is 11.3 Å². The van der Waals surface area contributed by atoms with E-state index in [0.717, 1.165) is 16.8 Å². The van der Waals surface area contributed by atoms with Crippen LogP contribution >= 0.6 is 0 Å². The monoisotopic (exact) mass is 425 g/mol. The van der Waals surface area contributed by atoms with Crippen molar-refractivity contribution in [2.24, 2.45) is 0 Å². The normalized spacial score (nSPS) is 10.7. The summed E-state index contributed by atoms with van der Waals surface area (Å²) in [5.41, 5.74) is 4.19. The summed E-state index contributed by atoms with van der Waals surface area (Å²) >= 11 is 0. The standard InChI is InChI=1S/C26H23N3O3/c1-29(2)24-14-8-19(9-15-24)16-22(17-27)26(31)32-18-25(30)28-23-12-10-21(11-13-23)20-6-4-3-5-7-20/h3-16H,18H2,1-2H3,(H,28,30)/b22-16+. The van der Waals surface area contributed by atoms with Gasteiger partial charge in [0.05, 0.1) is 0 Å². The molecule has 3 rings (SSSR count). The van der Waals surface area contributed by atoms with Crippen LogP contribution in [0.2, 0.25) is 0 Å². The highest BCUT2D eigenvalue weighted by atomic mass is 16.5. The van der Waals surface area contributed by atoms with Gasteiger partial charge in [0.15, 0.2) is 6.61 Å². The summed E-state index contributed by atoms with van der Waals surface area (Å²) in [4.78, 5) is 26.3. The molecule has 0 heterocycles. The number of rotatable bonds is 7. The molecule has 1 amide bonds. The van der Waals surface area contributed by atoms with E-state index < -0.39 is 18.5 Å². The van der Waals surface area contributed by atoms with E-state index in [1.165, 1.54) is 6.08 Å². The third kappa shape index (κ3) is 6.07. The summed E-state index contributed by atoms with van der Waals surface area (Å²) in [7, 11) is 3.84. The number of carbonyl (C=O) groups is 2. The van der Waals surface area contributed by atoms with Crippen LogP contribution in [-0.4, -0.2) is 32.6 Å². The van der Waals surface area contributed by atoms with Gasteiger partial charge in [0, 0.05) is 25.5 Å². The lowest BCUT2D eigenvalue weighted by molar-refractivity contribution is -0.142. The molecule has 0 aliphatic rings. The Kier molecular flexibility index (Phi) is 7.39. The average Bonchev–Trinajstić information content (AvgIpc) is 2.82. The van der Waals surface area contributed by atoms with Crippen LogP contribution in [0.25, 0.3) is 17.2 Å². The van der Waals surface area contributed by atoms with E-state index in [4.69, 9.17) is 4.74 Å². The van der Waals surface area contributed by atoms with Gasteiger partial charge in [0.25, 0.3) is 5.91 Å².